The molecule has 1 N–H and O–H groups in total. The first-order valence-corrected chi connectivity index (χ1v) is 7.40. The number of Topliss-reactive ketones (excluding diaryl/α,β-unsaturated/α-hetero) is 1. The van der Waals surface area contributed by atoms with Crippen molar-refractivity contribution in [3.63, 3.8) is 0 Å². The molecule has 4 nitrogen and oxygen atoms in total. The Labute approximate surface area is 131 Å². The largest absolute Gasteiger partial charge is 0.466 e. The average Bonchev–Trinajstić information content (AvgIpc) is 2.78. The topological polar surface area (TPSA) is 59.3 Å². The van der Waals surface area contributed by atoms with E-state index in [0.717, 1.165) is 10.2 Å². The predicted molar refractivity (Wildman–Crippen MR) is 84.5 cm³/mol. The van der Waals surface area contributed by atoms with Gasteiger partial charge in [0, 0.05) is 23.0 Å². The number of nitrogens with one attached hydrogen (secondary N) is 1. The zero-order valence-corrected chi connectivity index (χ0v) is 13.5. The first-order chi connectivity index (χ1) is 9.95. The number of rotatable bonds is 5. The van der Waals surface area contributed by atoms with Crippen molar-refractivity contribution >= 4 is 33.3 Å². The summed E-state index contributed by atoms with van der Waals surface area (Å²) in [7, 11) is 0. The van der Waals surface area contributed by atoms with Gasteiger partial charge in [0.1, 0.15) is 11.5 Å². The molecule has 5 heteroatoms. The Kier molecular flexibility index (Phi) is 4.96. The molecule has 0 fully saturated rings. The van der Waals surface area contributed by atoms with E-state index in [1.165, 1.54) is 6.92 Å². The van der Waals surface area contributed by atoms with Crippen LogP contribution in [-0.4, -0.2) is 11.7 Å². The number of amides is 1. The van der Waals surface area contributed by atoms with Gasteiger partial charge in [-0.05, 0) is 38.1 Å². The molecule has 1 amide bonds. The first-order valence-electron chi connectivity index (χ1n) is 6.61. The summed E-state index contributed by atoms with van der Waals surface area (Å²) in [6, 6.07) is 9.12. The second kappa shape index (κ2) is 6.72. The first kappa shape index (κ1) is 15.5. The van der Waals surface area contributed by atoms with E-state index in [1.807, 2.05) is 24.3 Å². The summed E-state index contributed by atoms with van der Waals surface area (Å²) in [4.78, 5) is 23.2. The molecule has 1 aromatic carbocycles. The van der Waals surface area contributed by atoms with Crippen molar-refractivity contribution in [1.82, 2.24) is 0 Å². The summed E-state index contributed by atoms with van der Waals surface area (Å²) < 4.78 is 6.40. The molecule has 0 spiro atoms. The molecule has 0 aliphatic rings. The van der Waals surface area contributed by atoms with E-state index in [-0.39, 0.29) is 11.7 Å². The standard InChI is InChI=1S/C16H16BrNO3/c1-10(19)15-9-14(21-11(15)2)6-7-16(20)18-13-5-3-4-12(17)8-13/h3-5,8-9H,6-7H2,1-2H3,(H,18,20). The highest BCUT2D eigenvalue weighted by molar-refractivity contribution is 9.10. The summed E-state index contributed by atoms with van der Waals surface area (Å²) >= 11 is 3.35. The van der Waals surface area contributed by atoms with Gasteiger partial charge in [-0.1, -0.05) is 22.0 Å². The number of carbonyl (C=O) groups excluding carboxylic acids is 2. The molecule has 0 bridgehead atoms. The Morgan fingerprint density at radius 1 is 1.29 bits per heavy atom. The Morgan fingerprint density at radius 2 is 2.05 bits per heavy atom. The molecule has 110 valence electrons. The highest BCUT2D eigenvalue weighted by Gasteiger charge is 2.12. The van der Waals surface area contributed by atoms with Gasteiger partial charge in [0.25, 0.3) is 0 Å². The molecule has 0 saturated carbocycles. The van der Waals surface area contributed by atoms with Crippen LogP contribution in [0.15, 0.2) is 39.2 Å². The summed E-state index contributed by atoms with van der Waals surface area (Å²) in [6.45, 7) is 3.25. The fraction of sp³-hybridized carbons (Fsp3) is 0.250. The van der Waals surface area contributed by atoms with E-state index in [2.05, 4.69) is 21.2 Å². The van der Waals surface area contributed by atoms with E-state index in [9.17, 15) is 9.59 Å². The Bertz CT molecular complexity index is 676. The van der Waals surface area contributed by atoms with Gasteiger partial charge < -0.3 is 9.73 Å². The van der Waals surface area contributed by atoms with Gasteiger partial charge in [-0.25, -0.2) is 0 Å². The molecular weight excluding hydrogens is 334 g/mol. The number of furan rings is 1. The number of anilines is 1. The second-order valence-corrected chi connectivity index (χ2v) is 5.71. The molecular formula is C16H16BrNO3. The van der Waals surface area contributed by atoms with Crippen LogP contribution in [-0.2, 0) is 11.2 Å². The molecule has 0 radical (unpaired) electrons. The molecule has 0 aliphatic heterocycles. The molecule has 2 aromatic rings. The normalized spacial score (nSPS) is 10.4. The van der Waals surface area contributed by atoms with Crippen molar-refractivity contribution in [3.05, 3.63) is 51.9 Å². The number of halogens is 1. The third-order valence-electron chi connectivity index (χ3n) is 3.05. The fourth-order valence-electron chi connectivity index (χ4n) is 2.04. The lowest BCUT2D eigenvalue weighted by Crippen LogP contribution is -2.12. The molecule has 2 rings (SSSR count). The number of hydrogen-bond acceptors (Lipinski definition) is 3. The number of hydrogen-bond donors (Lipinski definition) is 1. The monoisotopic (exact) mass is 349 g/mol. The van der Waals surface area contributed by atoms with Crippen molar-refractivity contribution in [2.24, 2.45) is 0 Å². The Hall–Kier alpha value is -1.88. The lowest BCUT2D eigenvalue weighted by Gasteiger charge is -2.04. The van der Waals surface area contributed by atoms with Crippen molar-refractivity contribution in [3.8, 4) is 0 Å². The van der Waals surface area contributed by atoms with Crippen LogP contribution < -0.4 is 5.32 Å². The van der Waals surface area contributed by atoms with E-state index >= 15 is 0 Å². The molecule has 0 aliphatic carbocycles. The van der Waals surface area contributed by atoms with Crippen LogP contribution >= 0.6 is 15.9 Å². The minimum atomic E-state index is -0.0912. The quantitative estimate of drug-likeness (QED) is 0.825. The maximum absolute atomic E-state index is 11.9. The summed E-state index contributed by atoms with van der Waals surface area (Å²) in [5.74, 6) is 1.14. The minimum absolute atomic E-state index is 0.0268. The Morgan fingerprint density at radius 3 is 2.67 bits per heavy atom. The van der Waals surface area contributed by atoms with Crippen molar-refractivity contribution in [1.29, 1.82) is 0 Å². The zero-order chi connectivity index (χ0) is 15.4. The lowest BCUT2D eigenvalue weighted by molar-refractivity contribution is -0.116. The van der Waals surface area contributed by atoms with Gasteiger partial charge in [-0.15, -0.1) is 0 Å². The summed E-state index contributed by atoms with van der Waals surface area (Å²) in [6.07, 6.45) is 0.769. The van der Waals surface area contributed by atoms with Crippen molar-refractivity contribution in [2.75, 3.05) is 5.32 Å². The van der Waals surface area contributed by atoms with Crippen LogP contribution in [0.1, 0.15) is 35.2 Å². The molecule has 0 unspecified atom stereocenters. The molecule has 0 saturated heterocycles. The number of benzene rings is 1. The van der Waals surface area contributed by atoms with E-state index < -0.39 is 0 Å². The number of aryl methyl sites for hydroxylation is 2. The molecule has 1 heterocycles. The van der Waals surface area contributed by atoms with Crippen LogP contribution in [0.25, 0.3) is 0 Å². The van der Waals surface area contributed by atoms with E-state index in [4.69, 9.17) is 4.42 Å². The average molecular weight is 350 g/mol. The van der Waals surface area contributed by atoms with Crippen LogP contribution in [0.2, 0.25) is 0 Å². The smallest absolute Gasteiger partial charge is 0.224 e. The highest BCUT2D eigenvalue weighted by Crippen LogP contribution is 2.18. The van der Waals surface area contributed by atoms with Crippen LogP contribution in [0, 0.1) is 6.92 Å². The summed E-state index contributed by atoms with van der Waals surface area (Å²) in [5.41, 5.74) is 1.33. The lowest BCUT2D eigenvalue weighted by atomic mass is 10.1. The van der Waals surface area contributed by atoms with Gasteiger partial charge >= 0.3 is 0 Å². The molecule has 0 atom stereocenters. The third-order valence-corrected chi connectivity index (χ3v) is 3.55. The van der Waals surface area contributed by atoms with E-state index in [0.29, 0.717) is 29.9 Å². The number of ketones is 1. The maximum atomic E-state index is 11.9. The molecule has 21 heavy (non-hydrogen) atoms. The van der Waals surface area contributed by atoms with Crippen molar-refractivity contribution < 1.29 is 14.0 Å². The van der Waals surface area contributed by atoms with E-state index in [1.54, 1.807) is 13.0 Å². The van der Waals surface area contributed by atoms with Gasteiger partial charge in [0.2, 0.25) is 5.91 Å². The summed E-state index contributed by atoms with van der Waals surface area (Å²) in [5, 5.41) is 2.82. The van der Waals surface area contributed by atoms with Crippen LogP contribution in [0.4, 0.5) is 5.69 Å². The predicted octanol–water partition coefficient (Wildman–Crippen LogP) is 4.12. The Balaban J connectivity index is 1.92. The maximum Gasteiger partial charge on any atom is 0.224 e. The minimum Gasteiger partial charge on any atom is -0.466 e. The van der Waals surface area contributed by atoms with Crippen LogP contribution in [0.5, 0.6) is 0 Å². The SMILES string of the molecule is CC(=O)c1cc(CCC(=O)Nc2cccc(Br)c2)oc1C. The third kappa shape index (κ3) is 4.29. The van der Waals surface area contributed by atoms with Gasteiger partial charge in [-0.2, -0.15) is 0 Å². The zero-order valence-electron chi connectivity index (χ0n) is 11.9. The van der Waals surface area contributed by atoms with Crippen molar-refractivity contribution in [2.45, 2.75) is 26.7 Å². The fourth-order valence-corrected chi connectivity index (χ4v) is 2.44. The van der Waals surface area contributed by atoms with Gasteiger partial charge in [0.15, 0.2) is 5.78 Å². The second-order valence-electron chi connectivity index (χ2n) is 4.80. The van der Waals surface area contributed by atoms with Gasteiger partial charge in [-0.3, -0.25) is 9.59 Å². The van der Waals surface area contributed by atoms with Gasteiger partial charge in [0.05, 0.1) is 5.56 Å². The number of carbonyl (C=O) groups is 2. The van der Waals surface area contributed by atoms with Crippen LogP contribution in [0.3, 0.4) is 0 Å². The molecule has 1 aromatic heterocycles. The highest BCUT2D eigenvalue weighted by atomic mass is 79.9.